The van der Waals surface area contributed by atoms with Crippen molar-refractivity contribution in [3.63, 3.8) is 0 Å². The molecule has 0 radical (unpaired) electrons. The van der Waals surface area contributed by atoms with Crippen LogP contribution < -0.4 is 10.1 Å². The molecule has 6 nitrogen and oxygen atoms in total. The molecule has 1 unspecified atom stereocenters. The Morgan fingerprint density at radius 2 is 2.32 bits per heavy atom. The van der Waals surface area contributed by atoms with Crippen LogP contribution in [0.15, 0.2) is 24.4 Å². The van der Waals surface area contributed by atoms with Crippen LogP contribution in [0.25, 0.3) is 11.3 Å². The minimum Gasteiger partial charge on any atom is -0.483 e. The molecule has 0 saturated carbocycles. The lowest BCUT2D eigenvalue weighted by molar-refractivity contribution is 0.208. The Balaban J connectivity index is 2.18. The molecule has 1 amide bonds. The first-order chi connectivity index (χ1) is 9.06. The second-order valence-electron chi connectivity index (χ2n) is 4.48. The summed E-state index contributed by atoms with van der Waals surface area (Å²) in [6.07, 6.45) is 0.643. The fraction of sp³-hybridized carbons (Fsp3) is 0.231. The summed E-state index contributed by atoms with van der Waals surface area (Å²) in [7, 11) is 1.85. The van der Waals surface area contributed by atoms with Crippen molar-refractivity contribution in [3.05, 3.63) is 30.0 Å². The van der Waals surface area contributed by atoms with E-state index in [0.29, 0.717) is 11.4 Å². The van der Waals surface area contributed by atoms with E-state index in [1.165, 1.54) is 0 Å². The summed E-state index contributed by atoms with van der Waals surface area (Å²) in [4.78, 5) is 10.8. The van der Waals surface area contributed by atoms with E-state index in [-0.39, 0.29) is 6.10 Å². The summed E-state index contributed by atoms with van der Waals surface area (Å²) >= 11 is 0. The summed E-state index contributed by atoms with van der Waals surface area (Å²) in [5.41, 5.74) is 3.08. The third kappa shape index (κ3) is 1.81. The van der Waals surface area contributed by atoms with Gasteiger partial charge in [-0.3, -0.25) is 10.00 Å². The molecule has 0 fully saturated rings. The van der Waals surface area contributed by atoms with Crippen molar-refractivity contribution in [1.29, 1.82) is 0 Å². The number of carbonyl (C=O) groups is 1. The van der Waals surface area contributed by atoms with Gasteiger partial charge < -0.3 is 9.84 Å². The zero-order valence-electron chi connectivity index (χ0n) is 10.5. The van der Waals surface area contributed by atoms with Gasteiger partial charge in [-0.05, 0) is 19.1 Å². The maximum Gasteiger partial charge on any atom is 0.409 e. The lowest BCUT2D eigenvalue weighted by Crippen LogP contribution is -2.14. The maximum atomic E-state index is 10.8. The predicted molar refractivity (Wildman–Crippen MR) is 69.3 cm³/mol. The normalized spacial score (nSPS) is 16.2. The Morgan fingerprint density at radius 1 is 1.53 bits per heavy atom. The molecule has 19 heavy (non-hydrogen) atoms. The molecule has 2 heterocycles. The summed E-state index contributed by atoms with van der Waals surface area (Å²) in [5, 5.41) is 15.6. The number of carboxylic acid groups (broad SMARTS) is 1. The Kier molecular flexibility index (Phi) is 2.45. The van der Waals surface area contributed by atoms with Crippen LogP contribution in [0.4, 0.5) is 10.5 Å². The standard InChI is InChI=1S/C13H13N3O3/c1-7-9-6-16(2)15-11(9)8-4-3-5-10(12(8)19-7)14-13(17)18/h3-7,14H,1-2H3,(H,17,18). The number of nitrogens with one attached hydrogen (secondary N) is 1. The van der Waals surface area contributed by atoms with Crippen LogP contribution in [0.2, 0.25) is 0 Å². The first kappa shape index (κ1) is 11.6. The van der Waals surface area contributed by atoms with Crippen LogP contribution in [0.5, 0.6) is 5.75 Å². The van der Waals surface area contributed by atoms with Gasteiger partial charge >= 0.3 is 6.09 Å². The molecule has 0 spiro atoms. The Morgan fingerprint density at radius 3 is 3.05 bits per heavy atom. The number of aryl methyl sites for hydroxylation is 1. The molecule has 98 valence electrons. The Bertz CT molecular complexity index is 663. The van der Waals surface area contributed by atoms with Crippen molar-refractivity contribution < 1.29 is 14.6 Å². The van der Waals surface area contributed by atoms with Crippen molar-refractivity contribution >= 4 is 11.8 Å². The predicted octanol–water partition coefficient (Wildman–Crippen LogP) is 2.63. The number of nitrogens with zero attached hydrogens (tertiary/aromatic N) is 2. The molecule has 0 saturated heterocycles. The number of para-hydroxylation sites is 1. The van der Waals surface area contributed by atoms with E-state index in [9.17, 15) is 4.79 Å². The van der Waals surface area contributed by atoms with Crippen LogP contribution in [0, 0.1) is 0 Å². The van der Waals surface area contributed by atoms with Crippen LogP contribution >= 0.6 is 0 Å². The van der Waals surface area contributed by atoms with Gasteiger partial charge in [0.2, 0.25) is 0 Å². The lowest BCUT2D eigenvalue weighted by atomic mass is 10.00. The van der Waals surface area contributed by atoms with Gasteiger partial charge in [-0.15, -0.1) is 0 Å². The zero-order chi connectivity index (χ0) is 13.6. The molecule has 2 aromatic rings. The topological polar surface area (TPSA) is 76.4 Å². The van der Waals surface area contributed by atoms with Gasteiger partial charge in [-0.1, -0.05) is 6.07 Å². The minimum atomic E-state index is -1.11. The number of hydrogen-bond acceptors (Lipinski definition) is 3. The average molecular weight is 259 g/mol. The van der Waals surface area contributed by atoms with Crippen molar-refractivity contribution in [2.45, 2.75) is 13.0 Å². The molecule has 1 aliphatic heterocycles. The summed E-state index contributed by atoms with van der Waals surface area (Å²) in [6.45, 7) is 1.92. The highest BCUT2D eigenvalue weighted by Crippen LogP contribution is 2.45. The van der Waals surface area contributed by atoms with Gasteiger partial charge in [0.05, 0.1) is 5.69 Å². The van der Waals surface area contributed by atoms with Crippen molar-refractivity contribution in [3.8, 4) is 17.0 Å². The molecule has 3 rings (SSSR count). The quantitative estimate of drug-likeness (QED) is 0.825. The fourth-order valence-electron chi connectivity index (χ4n) is 2.32. The molecule has 1 atom stereocenters. The highest BCUT2D eigenvalue weighted by molar-refractivity contribution is 5.89. The molecule has 1 aliphatic rings. The molecule has 1 aromatic carbocycles. The highest BCUT2D eigenvalue weighted by atomic mass is 16.5. The number of hydrogen-bond donors (Lipinski definition) is 2. The minimum absolute atomic E-state index is 0.159. The van der Waals surface area contributed by atoms with Gasteiger partial charge in [-0.25, -0.2) is 4.79 Å². The molecule has 0 aliphatic carbocycles. The fourth-order valence-corrected chi connectivity index (χ4v) is 2.32. The Hall–Kier alpha value is -2.50. The smallest absolute Gasteiger partial charge is 0.409 e. The van der Waals surface area contributed by atoms with Gasteiger partial charge in [0.25, 0.3) is 0 Å². The second-order valence-corrected chi connectivity index (χ2v) is 4.48. The molecular formula is C13H13N3O3. The summed E-state index contributed by atoms with van der Waals surface area (Å²) in [6, 6.07) is 5.33. The van der Waals surface area contributed by atoms with Crippen molar-refractivity contribution in [2.75, 3.05) is 5.32 Å². The first-order valence-corrected chi connectivity index (χ1v) is 5.90. The third-order valence-electron chi connectivity index (χ3n) is 3.10. The molecule has 1 aromatic heterocycles. The van der Waals surface area contributed by atoms with Crippen LogP contribution in [-0.2, 0) is 7.05 Å². The first-order valence-electron chi connectivity index (χ1n) is 5.90. The SMILES string of the molecule is CC1Oc2c(NC(=O)O)cccc2-c2nn(C)cc21. The second kappa shape index (κ2) is 4.01. The van der Waals surface area contributed by atoms with Gasteiger partial charge in [0.1, 0.15) is 11.8 Å². The van der Waals surface area contributed by atoms with E-state index in [4.69, 9.17) is 9.84 Å². The molecule has 6 heteroatoms. The number of ether oxygens (including phenoxy) is 1. The number of aromatic nitrogens is 2. The number of rotatable bonds is 1. The van der Waals surface area contributed by atoms with E-state index in [1.54, 1.807) is 16.8 Å². The van der Waals surface area contributed by atoms with Gasteiger partial charge in [0, 0.05) is 24.4 Å². The molecular weight excluding hydrogens is 246 g/mol. The Labute approximate surface area is 109 Å². The maximum absolute atomic E-state index is 10.8. The number of benzene rings is 1. The third-order valence-corrected chi connectivity index (χ3v) is 3.10. The van der Waals surface area contributed by atoms with Crippen LogP contribution in [-0.4, -0.2) is 21.0 Å². The van der Waals surface area contributed by atoms with E-state index < -0.39 is 6.09 Å². The summed E-state index contributed by atoms with van der Waals surface area (Å²) < 4.78 is 7.56. The summed E-state index contributed by atoms with van der Waals surface area (Å²) in [5.74, 6) is 0.531. The van der Waals surface area contributed by atoms with E-state index in [2.05, 4.69) is 10.4 Å². The number of amides is 1. The zero-order valence-corrected chi connectivity index (χ0v) is 10.5. The van der Waals surface area contributed by atoms with Crippen molar-refractivity contribution in [1.82, 2.24) is 9.78 Å². The van der Waals surface area contributed by atoms with E-state index >= 15 is 0 Å². The largest absolute Gasteiger partial charge is 0.483 e. The van der Waals surface area contributed by atoms with Crippen molar-refractivity contribution in [2.24, 2.45) is 7.05 Å². The molecule has 0 bridgehead atoms. The number of anilines is 1. The molecule has 2 N–H and O–H groups in total. The lowest BCUT2D eigenvalue weighted by Gasteiger charge is -2.24. The van der Waals surface area contributed by atoms with Gasteiger partial charge in [-0.2, -0.15) is 5.10 Å². The van der Waals surface area contributed by atoms with E-state index in [0.717, 1.165) is 16.8 Å². The van der Waals surface area contributed by atoms with Gasteiger partial charge in [0.15, 0.2) is 5.75 Å². The van der Waals surface area contributed by atoms with E-state index in [1.807, 2.05) is 26.2 Å². The monoisotopic (exact) mass is 259 g/mol. The van der Waals surface area contributed by atoms with Crippen LogP contribution in [0.3, 0.4) is 0 Å². The highest BCUT2D eigenvalue weighted by Gasteiger charge is 2.28. The van der Waals surface area contributed by atoms with Crippen LogP contribution in [0.1, 0.15) is 18.6 Å². The number of fused-ring (bicyclic) bond motifs is 3. The average Bonchev–Trinajstić information content (AvgIpc) is 2.72.